The van der Waals surface area contributed by atoms with E-state index in [1.807, 2.05) is 44.2 Å². The van der Waals surface area contributed by atoms with Crippen molar-refractivity contribution >= 4 is 11.7 Å². The summed E-state index contributed by atoms with van der Waals surface area (Å²) in [5.74, 6) is 2.09. The third-order valence-electron chi connectivity index (χ3n) is 4.43. The number of piperidine rings is 1. The maximum absolute atomic E-state index is 12.1. The lowest BCUT2D eigenvalue weighted by Gasteiger charge is -2.28. The lowest BCUT2D eigenvalue weighted by Crippen LogP contribution is -2.30. The number of carbonyl (C=O) groups excluding carboxylic acids is 1. The van der Waals surface area contributed by atoms with Gasteiger partial charge in [-0.2, -0.15) is 4.98 Å². The van der Waals surface area contributed by atoms with Crippen molar-refractivity contribution in [1.29, 1.82) is 0 Å². The van der Waals surface area contributed by atoms with E-state index in [0.29, 0.717) is 30.4 Å². The standard InChI is InChI=1S/C20H26N4O2/c1-15-6-8-17(9-7-15)20(25)21-10-13-26-19-14-18(22-16(2)23-19)24-11-4-3-5-12-24/h6-9,14H,3-5,10-13H2,1-2H3,(H,21,25). The fourth-order valence-corrected chi connectivity index (χ4v) is 3.01. The first-order valence-corrected chi connectivity index (χ1v) is 9.20. The quantitative estimate of drug-likeness (QED) is 0.808. The fourth-order valence-electron chi connectivity index (χ4n) is 3.01. The highest BCUT2D eigenvalue weighted by molar-refractivity contribution is 5.94. The number of hydrogen-bond donors (Lipinski definition) is 1. The van der Waals surface area contributed by atoms with E-state index in [9.17, 15) is 4.79 Å². The second-order valence-electron chi connectivity index (χ2n) is 6.63. The SMILES string of the molecule is Cc1ccc(C(=O)NCCOc2cc(N3CCCCC3)nc(C)n2)cc1. The van der Waals surface area contributed by atoms with Gasteiger partial charge in [-0.15, -0.1) is 0 Å². The van der Waals surface area contributed by atoms with Crippen LogP contribution < -0.4 is 15.0 Å². The highest BCUT2D eigenvalue weighted by Gasteiger charge is 2.14. The van der Waals surface area contributed by atoms with Gasteiger partial charge in [0.15, 0.2) is 0 Å². The van der Waals surface area contributed by atoms with E-state index in [0.717, 1.165) is 24.5 Å². The Labute approximate surface area is 154 Å². The summed E-state index contributed by atoms with van der Waals surface area (Å²) < 4.78 is 5.73. The van der Waals surface area contributed by atoms with Crippen molar-refractivity contribution in [2.24, 2.45) is 0 Å². The molecule has 2 heterocycles. The molecule has 1 aromatic carbocycles. The normalized spacial score (nSPS) is 14.2. The maximum atomic E-state index is 12.1. The number of carbonyl (C=O) groups is 1. The van der Waals surface area contributed by atoms with Gasteiger partial charge in [-0.1, -0.05) is 17.7 Å². The van der Waals surface area contributed by atoms with Gasteiger partial charge in [0.25, 0.3) is 5.91 Å². The molecule has 0 bridgehead atoms. The predicted octanol–water partition coefficient (Wildman–Crippen LogP) is 2.89. The molecule has 0 unspecified atom stereocenters. The van der Waals surface area contributed by atoms with Crippen LogP contribution in [0.4, 0.5) is 5.82 Å². The second kappa shape index (κ2) is 8.65. The molecule has 26 heavy (non-hydrogen) atoms. The first-order valence-electron chi connectivity index (χ1n) is 9.20. The average molecular weight is 354 g/mol. The van der Waals surface area contributed by atoms with E-state index in [1.54, 1.807) is 0 Å². The van der Waals surface area contributed by atoms with Crippen molar-refractivity contribution < 1.29 is 9.53 Å². The lowest BCUT2D eigenvalue weighted by atomic mass is 10.1. The van der Waals surface area contributed by atoms with Crippen LogP contribution in [0.2, 0.25) is 0 Å². The molecule has 138 valence electrons. The molecule has 0 spiro atoms. The van der Waals surface area contributed by atoms with Crippen LogP contribution in [0.3, 0.4) is 0 Å². The smallest absolute Gasteiger partial charge is 0.251 e. The van der Waals surface area contributed by atoms with Crippen molar-refractivity contribution in [2.75, 3.05) is 31.1 Å². The molecule has 6 heteroatoms. The number of anilines is 1. The molecule has 1 aliphatic heterocycles. The molecular formula is C20H26N4O2. The molecule has 1 aromatic heterocycles. The van der Waals surface area contributed by atoms with E-state index in [-0.39, 0.29) is 5.91 Å². The summed E-state index contributed by atoms with van der Waals surface area (Å²) in [6.07, 6.45) is 3.68. The number of ether oxygens (including phenoxy) is 1. The van der Waals surface area contributed by atoms with Gasteiger partial charge in [-0.3, -0.25) is 4.79 Å². The predicted molar refractivity (Wildman–Crippen MR) is 102 cm³/mol. The van der Waals surface area contributed by atoms with E-state index < -0.39 is 0 Å². The molecule has 0 radical (unpaired) electrons. The van der Waals surface area contributed by atoms with Crippen LogP contribution >= 0.6 is 0 Å². The summed E-state index contributed by atoms with van der Waals surface area (Å²) in [5.41, 5.74) is 1.79. The summed E-state index contributed by atoms with van der Waals surface area (Å²) in [6.45, 7) is 6.73. The van der Waals surface area contributed by atoms with Gasteiger partial charge >= 0.3 is 0 Å². The van der Waals surface area contributed by atoms with Crippen molar-refractivity contribution in [3.05, 3.63) is 47.3 Å². The Morgan fingerprint density at radius 3 is 2.58 bits per heavy atom. The summed E-state index contributed by atoms with van der Waals surface area (Å²) in [7, 11) is 0. The van der Waals surface area contributed by atoms with Crippen LogP contribution in [-0.4, -0.2) is 42.1 Å². The monoisotopic (exact) mass is 354 g/mol. The topological polar surface area (TPSA) is 67.3 Å². The minimum Gasteiger partial charge on any atom is -0.476 e. The Kier molecular flexibility index (Phi) is 6.04. The van der Waals surface area contributed by atoms with Gasteiger partial charge in [-0.05, 0) is 45.2 Å². The number of nitrogens with zero attached hydrogens (tertiary/aromatic N) is 3. The van der Waals surface area contributed by atoms with Crippen LogP contribution in [0.1, 0.15) is 41.0 Å². The van der Waals surface area contributed by atoms with Crippen molar-refractivity contribution in [3.8, 4) is 5.88 Å². The van der Waals surface area contributed by atoms with E-state index in [4.69, 9.17) is 4.74 Å². The molecule has 1 saturated heterocycles. The Balaban J connectivity index is 1.50. The van der Waals surface area contributed by atoms with Crippen molar-refractivity contribution in [3.63, 3.8) is 0 Å². The number of benzene rings is 1. The van der Waals surface area contributed by atoms with Crippen molar-refractivity contribution in [1.82, 2.24) is 15.3 Å². The van der Waals surface area contributed by atoms with Gasteiger partial charge in [0.05, 0.1) is 6.54 Å². The Hall–Kier alpha value is -2.63. The molecular weight excluding hydrogens is 328 g/mol. The average Bonchev–Trinajstić information content (AvgIpc) is 2.66. The zero-order chi connectivity index (χ0) is 18.4. The van der Waals surface area contributed by atoms with Gasteiger partial charge in [0, 0.05) is 24.7 Å². The zero-order valence-electron chi connectivity index (χ0n) is 15.5. The number of aryl methyl sites for hydroxylation is 2. The van der Waals surface area contributed by atoms with Crippen LogP contribution in [-0.2, 0) is 0 Å². The number of aromatic nitrogens is 2. The fraction of sp³-hybridized carbons (Fsp3) is 0.450. The van der Waals surface area contributed by atoms with E-state index in [2.05, 4.69) is 20.2 Å². The first kappa shape index (κ1) is 18.2. The second-order valence-corrected chi connectivity index (χ2v) is 6.63. The highest BCUT2D eigenvalue weighted by atomic mass is 16.5. The highest BCUT2D eigenvalue weighted by Crippen LogP contribution is 2.21. The zero-order valence-corrected chi connectivity index (χ0v) is 15.5. The molecule has 2 aromatic rings. The molecule has 1 aliphatic rings. The maximum Gasteiger partial charge on any atom is 0.251 e. The van der Waals surface area contributed by atoms with Crippen LogP contribution in [0, 0.1) is 13.8 Å². The molecule has 1 N–H and O–H groups in total. The third-order valence-corrected chi connectivity index (χ3v) is 4.43. The summed E-state index contributed by atoms with van der Waals surface area (Å²) in [5, 5.41) is 2.86. The Morgan fingerprint density at radius 1 is 1.12 bits per heavy atom. The number of hydrogen-bond acceptors (Lipinski definition) is 5. The van der Waals surface area contributed by atoms with Gasteiger partial charge in [0.1, 0.15) is 18.2 Å². The molecule has 6 nitrogen and oxygen atoms in total. The van der Waals surface area contributed by atoms with Crippen LogP contribution in [0.15, 0.2) is 30.3 Å². The number of rotatable bonds is 6. The molecule has 0 atom stereocenters. The largest absolute Gasteiger partial charge is 0.476 e. The summed E-state index contributed by atoms with van der Waals surface area (Å²) >= 11 is 0. The van der Waals surface area contributed by atoms with Gasteiger partial charge in [0.2, 0.25) is 5.88 Å². The molecule has 1 fully saturated rings. The van der Waals surface area contributed by atoms with Gasteiger partial charge in [-0.25, -0.2) is 4.98 Å². The summed E-state index contributed by atoms with van der Waals surface area (Å²) in [4.78, 5) is 23.2. The number of amides is 1. The third kappa shape index (κ3) is 4.94. The molecule has 1 amide bonds. The minimum atomic E-state index is -0.0959. The van der Waals surface area contributed by atoms with Crippen molar-refractivity contribution in [2.45, 2.75) is 33.1 Å². The van der Waals surface area contributed by atoms with E-state index in [1.165, 1.54) is 19.3 Å². The molecule has 0 aliphatic carbocycles. The van der Waals surface area contributed by atoms with Gasteiger partial charge < -0.3 is 15.0 Å². The van der Waals surface area contributed by atoms with Crippen LogP contribution in [0.25, 0.3) is 0 Å². The molecule has 0 saturated carbocycles. The lowest BCUT2D eigenvalue weighted by molar-refractivity contribution is 0.0946. The first-order chi connectivity index (χ1) is 12.6. The Morgan fingerprint density at radius 2 is 1.85 bits per heavy atom. The van der Waals surface area contributed by atoms with Crippen LogP contribution in [0.5, 0.6) is 5.88 Å². The Bertz CT molecular complexity index is 740. The van der Waals surface area contributed by atoms with E-state index >= 15 is 0 Å². The minimum absolute atomic E-state index is 0.0959. The number of nitrogens with one attached hydrogen (secondary N) is 1. The summed E-state index contributed by atoms with van der Waals surface area (Å²) in [6, 6.07) is 9.39. The molecule has 3 rings (SSSR count).